The summed E-state index contributed by atoms with van der Waals surface area (Å²) in [6, 6.07) is 0.845. The van der Waals surface area contributed by atoms with E-state index in [0.29, 0.717) is 6.61 Å². The molecule has 0 aromatic heterocycles. The highest BCUT2D eigenvalue weighted by Crippen LogP contribution is 2.13. The first-order valence-electron chi connectivity index (χ1n) is 4.57. The van der Waals surface area contributed by atoms with Gasteiger partial charge in [-0.15, -0.1) is 0 Å². The standard InChI is InChI=1S/C8H20O3Si/c1-5-8-11-12(7-3,9-4)10-6-2/h5-8H2,1-4H3. The van der Waals surface area contributed by atoms with Crippen molar-refractivity contribution in [1.29, 1.82) is 0 Å². The summed E-state index contributed by atoms with van der Waals surface area (Å²) in [5.41, 5.74) is 0. The minimum absolute atomic E-state index is 0.664. The maximum absolute atomic E-state index is 5.61. The fraction of sp³-hybridized carbons (Fsp3) is 1.00. The molecular formula is C8H20O3Si. The van der Waals surface area contributed by atoms with Crippen LogP contribution in [0.3, 0.4) is 0 Å². The molecule has 0 aromatic carbocycles. The van der Waals surface area contributed by atoms with Crippen LogP contribution in [0.4, 0.5) is 0 Å². The van der Waals surface area contributed by atoms with Gasteiger partial charge in [0, 0.05) is 26.4 Å². The molecule has 0 spiro atoms. The SMILES string of the molecule is CCCO[Si](CC)(OC)OCC. The zero-order valence-corrected chi connectivity index (χ0v) is 9.55. The molecule has 0 saturated carbocycles. The van der Waals surface area contributed by atoms with Gasteiger partial charge in [0.1, 0.15) is 0 Å². The molecule has 0 fully saturated rings. The van der Waals surface area contributed by atoms with Crippen LogP contribution in [0.1, 0.15) is 27.2 Å². The van der Waals surface area contributed by atoms with E-state index in [2.05, 4.69) is 6.92 Å². The van der Waals surface area contributed by atoms with Crippen molar-refractivity contribution in [3.8, 4) is 0 Å². The van der Waals surface area contributed by atoms with E-state index in [4.69, 9.17) is 13.3 Å². The Morgan fingerprint density at radius 3 is 2.08 bits per heavy atom. The van der Waals surface area contributed by atoms with E-state index in [1.54, 1.807) is 7.11 Å². The Kier molecular flexibility index (Phi) is 6.65. The first kappa shape index (κ1) is 12.1. The topological polar surface area (TPSA) is 27.7 Å². The lowest BCUT2D eigenvalue weighted by Gasteiger charge is -2.26. The van der Waals surface area contributed by atoms with Crippen LogP contribution in [0.5, 0.6) is 0 Å². The normalized spacial score (nSPS) is 16.0. The van der Waals surface area contributed by atoms with Gasteiger partial charge in [0.25, 0.3) is 0 Å². The predicted molar refractivity (Wildman–Crippen MR) is 51.1 cm³/mol. The molecule has 0 aromatic rings. The van der Waals surface area contributed by atoms with Gasteiger partial charge < -0.3 is 13.3 Å². The van der Waals surface area contributed by atoms with E-state index < -0.39 is 8.80 Å². The van der Waals surface area contributed by atoms with Gasteiger partial charge in [-0.25, -0.2) is 0 Å². The summed E-state index contributed by atoms with van der Waals surface area (Å²) < 4.78 is 16.5. The number of hydrogen-bond acceptors (Lipinski definition) is 3. The Balaban J connectivity index is 3.95. The minimum Gasteiger partial charge on any atom is -0.377 e. The Morgan fingerprint density at radius 2 is 1.75 bits per heavy atom. The third-order valence-electron chi connectivity index (χ3n) is 1.63. The molecule has 0 amide bonds. The Labute approximate surface area is 76.4 Å². The van der Waals surface area contributed by atoms with E-state index in [-0.39, 0.29) is 0 Å². The summed E-state index contributed by atoms with van der Waals surface area (Å²) >= 11 is 0. The van der Waals surface area contributed by atoms with Gasteiger partial charge in [0.15, 0.2) is 0 Å². The lowest BCUT2D eigenvalue weighted by Crippen LogP contribution is -2.44. The fourth-order valence-electron chi connectivity index (χ4n) is 0.985. The second-order valence-electron chi connectivity index (χ2n) is 2.52. The van der Waals surface area contributed by atoms with Gasteiger partial charge in [0.2, 0.25) is 0 Å². The van der Waals surface area contributed by atoms with Crippen LogP contribution in [0, 0.1) is 0 Å². The van der Waals surface area contributed by atoms with E-state index in [9.17, 15) is 0 Å². The highest BCUT2D eigenvalue weighted by molar-refractivity contribution is 6.60. The van der Waals surface area contributed by atoms with Crippen molar-refractivity contribution in [2.45, 2.75) is 33.2 Å². The smallest absolute Gasteiger partial charge is 0.377 e. The van der Waals surface area contributed by atoms with Crippen LogP contribution in [0.2, 0.25) is 6.04 Å². The zero-order valence-electron chi connectivity index (χ0n) is 8.55. The molecule has 0 heterocycles. The largest absolute Gasteiger partial charge is 0.500 e. The van der Waals surface area contributed by atoms with E-state index in [0.717, 1.165) is 19.1 Å². The van der Waals surface area contributed by atoms with E-state index in [1.165, 1.54) is 0 Å². The molecule has 0 aliphatic carbocycles. The van der Waals surface area contributed by atoms with Gasteiger partial charge in [-0.05, 0) is 13.3 Å². The Bertz CT molecular complexity index is 104. The zero-order chi connectivity index (χ0) is 9.45. The number of rotatable bonds is 7. The van der Waals surface area contributed by atoms with Crippen LogP contribution in [0.15, 0.2) is 0 Å². The van der Waals surface area contributed by atoms with Crippen molar-refractivity contribution in [3.63, 3.8) is 0 Å². The molecule has 0 aliphatic heterocycles. The van der Waals surface area contributed by atoms with E-state index in [1.807, 2.05) is 13.8 Å². The van der Waals surface area contributed by atoms with Crippen LogP contribution >= 0.6 is 0 Å². The highest BCUT2D eigenvalue weighted by Gasteiger charge is 2.37. The minimum atomic E-state index is -2.26. The third-order valence-corrected chi connectivity index (χ3v) is 4.49. The molecule has 0 radical (unpaired) electrons. The molecule has 0 rings (SSSR count). The summed E-state index contributed by atoms with van der Waals surface area (Å²) in [4.78, 5) is 0. The van der Waals surface area contributed by atoms with Gasteiger partial charge in [-0.3, -0.25) is 0 Å². The molecule has 0 N–H and O–H groups in total. The maximum Gasteiger partial charge on any atom is 0.500 e. The first-order chi connectivity index (χ1) is 5.74. The summed E-state index contributed by atoms with van der Waals surface area (Å²) in [6.45, 7) is 7.48. The molecule has 3 nitrogen and oxygen atoms in total. The average molecular weight is 192 g/mol. The van der Waals surface area contributed by atoms with Crippen molar-refractivity contribution >= 4 is 8.80 Å². The predicted octanol–water partition coefficient (Wildman–Crippen LogP) is 2.05. The lowest BCUT2D eigenvalue weighted by molar-refractivity contribution is 0.0832. The van der Waals surface area contributed by atoms with Crippen molar-refractivity contribution in [3.05, 3.63) is 0 Å². The molecular weight excluding hydrogens is 172 g/mol. The highest BCUT2D eigenvalue weighted by atomic mass is 28.4. The summed E-state index contributed by atoms with van der Waals surface area (Å²) in [6.07, 6.45) is 1.01. The maximum atomic E-state index is 5.61. The monoisotopic (exact) mass is 192 g/mol. The molecule has 0 aliphatic rings. The van der Waals surface area contributed by atoms with Crippen molar-refractivity contribution in [2.75, 3.05) is 20.3 Å². The number of hydrogen-bond donors (Lipinski definition) is 0. The first-order valence-corrected chi connectivity index (χ1v) is 6.50. The summed E-state index contributed by atoms with van der Waals surface area (Å²) in [7, 11) is -0.597. The van der Waals surface area contributed by atoms with Crippen LogP contribution in [0.25, 0.3) is 0 Å². The second-order valence-corrected chi connectivity index (χ2v) is 5.58. The van der Waals surface area contributed by atoms with Crippen molar-refractivity contribution in [2.24, 2.45) is 0 Å². The summed E-state index contributed by atoms with van der Waals surface area (Å²) in [5.74, 6) is 0. The third kappa shape index (κ3) is 3.67. The molecule has 0 bridgehead atoms. The molecule has 12 heavy (non-hydrogen) atoms. The van der Waals surface area contributed by atoms with Gasteiger partial charge in [-0.2, -0.15) is 0 Å². The molecule has 0 saturated heterocycles. The summed E-state index contributed by atoms with van der Waals surface area (Å²) in [5, 5.41) is 0. The van der Waals surface area contributed by atoms with Gasteiger partial charge in [0.05, 0.1) is 0 Å². The Hall–Kier alpha value is 0.0969. The molecule has 1 atom stereocenters. The molecule has 4 heteroatoms. The second kappa shape index (κ2) is 6.60. The quantitative estimate of drug-likeness (QED) is 0.578. The molecule has 74 valence electrons. The van der Waals surface area contributed by atoms with Crippen LogP contribution in [-0.2, 0) is 13.3 Å². The van der Waals surface area contributed by atoms with Gasteiger partial charge in [-0.1, -0.05) is 13.8 Å². The van der Waals surface area contributed by atoms with Crippen molar-refractivity contribution < 1.29 is 13.3 Å². The average Bonchev–Trinajstić information content (AvgIpc) is 2.13. The Morgan fingerprint density at radius 1 is 1.08 bits per heavy atom. The molecule has 1 unspecified atom stereocenters. The van der Waals surface area contributed by atoms with Crippen molar-refractivity contribution in [1.82, 2.24) is 0 Å². The van der Waals surface area contributed by atoms with Crippen LogP contribution in [-0.4, -0.2) is 29.1 Å². The van der Waals surface area contributed by atoms with E-state index >= 15 is 0 Å². The van der Waals surface area contributed by atoms with Gasteiger partial charge >= 0.3 is 8.80 Å². The lowest BCUT2D eigenvalue weighted by atomic mass is 10.5. The van der Waals surface area contributed by atoms with Crippen LogP contribution < -0.4 is 0 Å². The fourth-order valence-corrected chi connectivity index (χ4v) is 2.96.